The lowest BCUT2D eigenvalue weighted by Crippen LogP contribution is -2.16. The Morgan fingerprint density at radius 1 is 1.04 bits per heavy atom. The van der Waals surface area contributed by atoms with E-state index in [2.05, 4.69) is 14.9 Å². The second-order valence-electron chi connectivity index (χ2n) is 4.92. The molecular formula is C16H9Cl2F3N2O2S. The number of rotatable bonds is 5. The van der Waals surface area contributed by atoms with Gasteiger partial charge in [0.05, 0.1) is 15.8 Å². The van der Waals surface area contributed by atoms with Gasteiger partial charge in [0.2, 0.25) is 11.7 Å². The van der Waals surface area contributed by atoms with Crippen molar-refractivity contribution in [2.45, 2.75) is 17.0 Å². The highest BCUT2D eigenvalue weighted by atomic mass is 35.5. The molecule has 3 rings (SSSR count). The molecule has 0 saturated carbocycles. The number of thioether (sulfide) groups is 1. The van der Waals surface area contributed by atoms with Gasteiger partial charge in [-0.3, -0.25) is 0 Å². The molecule has 0 spiro atoms. The zero-order chi connectivity index (χ0) is 18.7. The first kappa shape index (κ1) is 18.9. The molecule has 0 aliphatic heterocycles. The van der Waals surface area contributed by atoms with E-state index < -0.39 is 6.36 Å². The fraction of sp³-hybridized carbons (Fsp3) is 0.125. The van der Waals surface area contributed by atoms with E-state index in [1.54, 1.807) is 18.2 Å². The molecule has 0 N–H and O–H groups in total. The van der Waals surface area contributed by atoms with Gasteiger partial charge in [-0.15, -0.1) is 24.9 Å². The molecule has 26 heavy (non-hydrogen) atoms. The molecule has 0 saturated heterocycles. The van der Waals surface area contributed by atoms with Crippen LogP contribution in [0.2, 0.25) is 10.0 Å². The van der Waals surface area contributed by atoms with Gasteiger partial charge in [0.1, 0.15) is 5.75 Å². The van der Waals surface area contributed by atoms with Gasteiger partial charge in [0.25, 0.3) is 0 Å². The van der Waals surface area contributed by atoms with Crippen LogP contribution in [0.3, 0.4) is 0 Å². The van der Waals surface area contributed by atoms with E-state index in [0.717, 1.165) is 0 Å². The number of ether oxygens (including phenoxy) is 1. The molecular weight excluding hydrogens is 412 g/mol. The van der Waals surface area contributed by atoms with Crippen molar-refractivity contribution in [1.82, 2.24) is 10.1 Å². The Morgan fingerprint density at radius 2 is 1.69 bits per heavy atom. The van der Waals surface area contributed by atoms with Crippen molar-refractivity contribution in [3.63, 3.8) is 0 Å². The van der Waals surface area contributed by atoms with Crippen LogP contribution in [0.5, 0.6) is 5.75 Å². The normalized spacial score (nSPS) is 11.6. The predicted octanol–water partition coefficient (Wildman–Crippen LogP) is 6.23. The molecule has 0 aliphatic rings. The molecule has 2 aromatic carbocycles. The lowest BCUT2D eigenvalue weighted by Gasteiger charge is -2.08. The predicted molar refractivity (Wildman–Crippen MR) is 92.4 cm³/mol. The van der Waals surface area contributed by atoms with Gasteiger partial charge in [0.15, 0.2) is 0 Å². The Balaban J connectivity index is 1.68. The standard InChI is InChI=1S/C16H9Cl2F3N2O2S/c17-11-2-1-3-12(18)14(11)26-8-13-22-15(23-25-13)9-4-6-10(7-5-9)24-16(19,20)21/h1-7H,8H2. The van der Waals surface area contributed by atoms with Crippen LogP contribution in [0.1, 0.15) is 5.89 Å². The molecule has 136 valence electrons. The molecule has 4 nitrogen and oxygen atoms in total. The topological polar surface area (TPSA) is 48.2 Å². The summed E-state index contributed by atoms with van der Waals surface area (Å²) in [6, 6.07) is 10.4. The van der Waals surface area contributed by atoms with Crippen molar-refractivity contribution in [3.8, 4) is 17.1 Å². The summed E-state index contributed by atoms with van der Waals surface area (Å²) >= 11 is 13.5. The highest BCUT2D eigenvalue weighted by Gasteiger charge is 2.31. The van der Waals surface area contributed by atoms with Crippen LogP contribution in [-0.2, 0) is 5.75 Å². The fourth-order valence-corrected chi connectivity index (χ4v) is 3.51. The number of aromatic nitrogens is 2. The average molecular weight is 421 g/mol. The Kier molecular flexibility index (Phi) is 5.64. The molecule has 10 heteroatoms. The molecule has 0 fully saturated rings. The van der Waals surface area contributed by atoms with Gasteiger partial charge in [0, 0.05) is 10.5 Å². The Labute approximate surface area is 160 Å². The molecule has 0 unspecified atom stereocenters. The molecule has 1 aromatic heterocycles. The Bertz CT molecular complexity index is 881. The van der Waals surface area contributed by atoms with Gasteiger partial charge in [-0.2, -0.15) is 4.98 Å². The highest BCUT2D eigenvalue weighted by molar-refractivity contribution is 7.98. The molecule has 0 atom stereocenters. The first-order chi connectivity index (χ1) is 12.3. The lowest BCUT2D eigenvalue weighted by molar-refractivity contribution is -0.274. The minimum atomic E-state index is -4.74. The molecule has 0 aliphatic carbocycles. The number of hydrogen-bond acceptors (Lipinski definition) is 5. The van der Waals surface area contributed by atoms with E-state index in [0.29, 0.717) is 32.1 Å². The van der Waals surface area contributed by atoms with E-state index in [9.17, 15) is 13.2 Å². The number of hydrogen-bond donors (Lipinski definition) is 0. The number of nitrogens with zero attached hydrogens (tertiary/aromatic N) is 2. The van der Waals surface area contributed by atoms with Crippen molar-refractivity contribution in [2.24, 2.45) is 0 Å². The van der Waals surface area contributed by atoms with Crippen LogP contribution >= 0.6 is 35.0 Å². The largest absolute Gasteiger partial charge is 0.573 e. The smallest absolute Gasteiger partial charge is 0.406 e. The van der Waals surface area contributed by atoms with Crippen molar-refractivity contribution >= 4 is 35.0 Å². The fourth-order valence-electron chi connectivity index (χ4n) is 1.99. The third-order valence-corrected chi connectivity index (χ3v) is 5.05. The van der Waals surface area contributed by atoms with E-state index in [1.807, 2.05) is 0 Å². The summed E-state index contributed by atoms with van der Waals surface area (Å²) in [4.78, 5) is 4.91. The average Bonchev–Trinajstić information content (AvgIpc) is 3.02. The summed E-state index contributed by atoms with van der Waals surface area (Å²) < 4.78 is 45.5. The summed E-state index contributed by atoms with van der Waals surface area (Å²) in [6.45, 7) is 0. The first-order valence-electron chi connectivity index (χ1n) is 7.07. The van der Waals surface area contributed by atoms with Gasteiger partial charge < -0.3 is 9.26 Å². The van der Waals surface area contributed by atoms with Crippen molar-refractivity contribution in [1.29, 1.82) is 0 Å². The van der Waals surface area contributed by atoms with E-state index in [4.69, 9.17) is 27.7 Å². The van der Waals surface area contributed by atoms with Gasteiger partial charge in [-0.05, 0) is 36.4 Å². The molecule has 0 radical (unpaired) electrons. The Morgan fingerprint density at radius 3 is 2.31 bits per heavy atom. The monoisotopic (exact) mass is 420 g/mol. The van der Waals surface area contributed by atoms with Gasteiger partial charge in [-0.1, -0.05) is 34.4 Å². The van der Waals surface area contributed by atoms with E-state index in [-0.39, 0.29) is 11.6 Å². The second kappa shape index (κ2) is 7.77. The molecule has 3 aromatic rings. The van der Waals surface area contributed by atoms with Gasteiger partial charge in [-0.25, -0.2) is 0 Å². The third kappa shape index (κ3) is 4.84. The number of halogens is 5. The summed E-state index contributed by atoms with van der Waals surface area (Å²) in [5.41, 5.74) is 0.496. The summed E-state index contributed by atoms with van der Waals surface area (Å²) in [5.74, 6) is 0.598. The zero-order valence-electron chi connectivity index (χ0n) is 12.8. The minimum Gasteiger partial charge on any atom is -0.406 e. The van der Waals surface area contributed by atoms with Crippen molar-refractivity contribution in [2.75, 3.05) is 0 Å². The maximum atomic E-state index is 12.2. The number of alkyl halides is 3. The van der Waals surface area contributed by atoms with Gasteiger partial charge >= 0.3 is 6.36 Å². The maximum Gasteiger partial charge on any atom is 0.573 e. The molecule has 1 heterocycles. The van der Waals surface area contributed by atoms with Crippen molar-refractivity contribution in [3.05, 3.63) is 58.4 Å². The Hall–Kier alpha value is -1.90. The van der Waals surface area contributed by atoms with E-state index >= 15 is 0 Å². The van der Waals surface area contributed by atoms with Crippen molar-refractivity contribution < 1.29 is 22.4 Å². The molecule has 0 bridgehead atoms. The van der Waals surface area contributed by atoms with Crippen LogP contribution in [0, 0.1) is 0 Å². The molecule has 0 amide bonds. The van der Waals surface area contributed by atoms with E-state index in [1.165, 1.54) is 36.0 Å². The quantitative estimate of drug-likeness (QED) is 0.457. The second-order valence-corrected chi connectivity index (χ2v) is 6.72. The third-order valence-electron chi connectivity index (χ3n) is 3.07. The maximum absolute atomic E-state index is 12.2. The first-order valence-corrected chi connectivity index (χ1v) is 8.81. The lowest BCUT2D eigenvalue weighted by atomic mass is 10.2. The SMILES string of the molecule is FC(F)(F)Oc1ccc(-c2noc(CSc3c(Cl)cccc3Cl)n2)cc1. The van der Waals surface area contributed by atoms with Crippen LogP contribution in [0.4, 0.5) is 13.2 Å². The summed E-state index contributed by atoms with van der Waals surface area (Å²) in [6.07, 6.45) is -4.74. The van der Waals surface area contributed by atoms with Crippen LogP contribution in [-0.4, -0.2) is 16.5 Å². The number of benzene rings is 2. The summed E-state index contributed by atoms with van der Waals surface area (Å²) in [7, 11) is 0. The van der Waals surface area contributed by atoms with Crippen LogP contribution in [0.25, 0.3) is 11.4 Å². The highest BCUT2D eigenvalue weighted by Crippen LogP contribution is 2.35. The van der Waals surface area contributed by atoms with Crippen LogP contribution in [0.15, 0.2) is 51.9 Å². The van der Waals surface area contributed by atoms with Crippen LogP contribution < -0.4 is 4.74 Å². The zero-order valence-corrected chi connectivity index (χ0v) is 15.1. The minimum absolute atomic E-state index is 0.254. The summed E-state index contributed by atoms with van der Waals surface area (Å²) in [5, 5.41) is 4.85.